The molecule has 82 valence electrons. The van der Waals surface area contributed by atoms with Crippen LogP contribution in [0, 0.1) is 0 Å². The van der Waals surface area contributed by atoms with E-state index in [2.05, 4.69) is 0 Å². The van der Waals surface area contributed by atoms with Crippen molar-refractivity contribution in [1.82, 2.24) is 0 Å². The normalized spacial score (nSPS) is 13.5. The molecule has 0 bridgehead atoms. The van der Waals surface area contributed by atoms with Gasteiger partial charge in [-0.1, -0.05) is 30.3 Å². The van der Waals surface area contributed by atoms with Crippen LogP contribution in [0.25, 0.3) is 0 Å². The SMILES string of the molecule is C[Si](C)(C)O[C@@H](C(=O)O)c1ccccc1. The number of rotatable bonds is 4. The third-order valence-corrected chi connectivity index (χ3v) is 2.74. The van der Waals surface area contributed by atoms with Gasteiger partial charge in [0.05, 0.1) is 0 Å². The predicted molar refractivity (Wildman–Crippen MR) is 61.2 cm³/mol. The standard InChI is InChI=1S/C11H16O3Si/c1-15(2,3)14-10(11(12)13)9-7-5-4-6-8-9/h4-8,10H,1-3H3,(H,12,13)/t10-/m1/s1. The van der Waals surface area contributed by atoms with Crippen molar-refractivity contribution in [1.29, 1.82) is 0 Å². The fraction of sp³-hybridized carbons (Fsp3) is 0.364. The van der Waals surface area contributed by atoms with Gasteiger partial charge in [0.1, 0.15) is 0 Å². The molecule has 1 N–H and O–H groups in total. The highest BCUT2D eigenvalue weighted by Gasteiger charge is 2.27. The van der Waals surface area contributed by atoms with Crippen LogP contribution >= 0.6 is 0 Å². The van der Waals surface area contributed by atoms with Gasteiger partial charge in [0, 0.05) is 0 Å². The van der Waals surface area contributed by atoms with E-state index in [1.807, 2.05) is 37.8 Å². The van der Waals surface area contributed by atoms with E-state index in [1.165, 1.54) is 0 Å². The third-order valence-electron chi connectivity index (χ3n) is 1.80. The Morgan fingerprint density at radius 1 is 1.27 bits per heavy atom. The van der Waals surface area contributed by atoms with Crippen LogP contribution in [0.5, 0.6) is 0 Å². The molecule has 0 fully saturated rings. The van der Waals surface area contributed by atoms with E-state index in [0.29, 0.717) is 5.56 Å². The Kier molecular flexibility index (Phi) is 3.65. The molecule has 1 rings (SSSR count). The van der Waals surface area contributed by atoms with Crippen molar-refractivity contribution in [2.75, 3.05) is 0 Å². The zero-order valence-electron chi connectivity index (χ0n) is 9.23. The van der Waals surface area contributed by atoms with Gasteiger partial charge in [0.2, 0.25) is 0 Å². The van der Waals surface area contributed by atoms with Crippen molar-refractivity contribution in [3.8, 4) is 0 Å². The first kappa shape index (κ1) is 11.9. The first-order chi connectivity index (χ1) is 6.90. The van der Waals surface area contributed by atoms with E-state index in [4.69, 9.17) is 9.53 Å². The quantitative estimate of drug-likeness (QED) is 0.800. The van der Waals surface area contributed by atoms with Crippen LogP contribution in [0.15, 0.2) is 30.3 Å². The van der Waals surface area contributed by atoms with Gasteiger partial charge in [0.15, 0.2) is 14.4 Å². The first-order valence-electron chi connectivity index (χ1n) is 4.86. The molecule has 0 heterocycles. The highest BCUT2D eigenvalue weighted by Crippen LogP contribution is 2.22. The molecule has 0 aliphatic rings. The molecular weight excluding hydrogens is 208 g/mol. The fourth-order valence-electron chi connectivity index (χ4n) is 1.24. The van der Waals surface area contributed by atoms with E-state index < -0.39 is 20.4 Å². The van der Waals surface area contributed by atoms with Crippen LogP contribution < -0.4 is 0 Å². The number of hydrogen-bond acceptors (Lipinski definition) is 2. The summed E-state index contributed by atoms with van der Waals surface area (Å²) in [5, 5.41) is 9.09. The van der Waals surface area contributed by atoms with Gasteiger partial charge in [0.25, 0.3) is 0 Å². The highest BCUT2D eigenvalue weighted by molar-refractivity contribution is 6.69. The molecule has 0 saturated heterocycles. The number of benzene rings is 1. The molecular formula is C11H16O3Si. The maximum atomic E-state index is 11.1. The van der Waals surface area contributed by atoms with Crippen LogP contribution in [0.3, 0.4) is 0 Å². The Bertz CT molecular complexity index is 329. The molecule has 0 amide bonds. The average Bonchev–Trinajstić information content (AvgIpc) is 2.14. The van der Waals surface area contributed by atoms with Crippen LogP contribution in [0.2, 0.25) is 19.6 Å². The zero-order valence-corrected chi connectivity index (χ0v) is 10.2. The Balaban J connectivity index is 2.90. The maximum Gasteiger partial charge on any atom is 0.336 e. The second kappa shape index (κ2) is 4.59. The summed E-state index contributed by atoms with van der Waals surface area (Å²) in [6.45, 7) is 5.93. The number of carboxylic acid groups (broad SMARTS) is 1. The highest BCUT2D eigenvalue weighted by atomic mass is 28.4. The molecule has 0 saturated carbocycles. The number of aliphatic carboxylic acids is 1. The minimum atomic E-state index is -1.85. The van der Waals surface area contributed by atoms with Gasteiger partial charge in [-0.3, -0.25) is 0 Å². The molecule has 0 aromatic heterocycles. The lowest BCUT2D eigenvalue weighted by Gasteiger charge is -2.23. The maximum absolute atomic E-state index is 11.1. The summed E-state index contributed by atoms with van der Waals surface area (Å²) in [6.07, 6.45) is -0.835. The molecule has 1 aromatic rings. The van der Waals surface area contributed by atoms with Gasteiger partial charge < -0.3 is 9.53 Å². The largest absolute Gasteiger partial charge is 0.479 e. The van der Waals surface area contributed by atoms with Crippen molar-refractivity contribution in [3.05, 3.63) is 35.9 Å². The molecule has 0 aliphatic heterocycles. The molecule has 0 radical (unpaired) electrons. The summed E-state index contributed by atoms with van der Waals surface area (Å²) in [5.41, 5.74) is 0.701. The van der Waals surface area contributed by atoms with Gasteiger partial charge in [-0.15, -0.1) is 0 Å². The lowest BCUT2D eigenvalue weighted by Crippen LogP contribution is -2.31. The summed E-state index contributed by atoms with van der Waals surface area (Å²) < 4.78 is 5.62. The van der Waals surface area contributed by atoms with Crippen LogP contribution in [0.4, 0.5) is 0 Å². The minimum absolute atomic E-state index is 0.701. The molecule has 0 unspecified atom stereocenters. The number of carbonyl (C=O) groups is 1. The molecule has 3 nitrogen and oxygen atoms in total. The molecule has 4 heteroatoms. The summed E-state index contributed by atoms with van der Waals surface area (Å²) in [6, 6.07) is 9.05. The first-order valence-corrected chi connectivity index (χ1v) is 8.26. The average molecular weight is 224 g/mol. The second-order valence-corrected chi connectivity index (χ2v) is 8.82. The Hall–Kier alpha value is -1.13. The minimum Gasteiger partial charge on any atom is -0.479 e. The lowest BCUT2D eigenvalue weighted by molar-refractivity contribution is -0.145. The number of hydrogen-bond donors (Lipinski definition) is 1. The predicted octanol–water partition coefficient (Wildman–Crippen LogP) is 2.66. The van der Waals surface area contributed by atoms with E-state index in [-0.39, 0.29) is 0 Å². The Morgan fingerprint density at radius 2 is 1.80 bits per heavy atom. The topological polar surface area (TPSA) is 46.5 Å². The van der Waals surface area contributed by atoms with Gasteiger partial charge in [-0.2, -0.15) is 0 Å². The molecule has 1 atom stereocenters. The summed E-state index contributed by atoms with van der Waals surface area (Å²) in [7, 11) is -1.85. The van der Waals surface area contributed by atoms with Gasteiger partial charge in [-0.05, 0) is 25.2 Å². The van der Waals surface area contributed by atoms with Crippen molar-refractivity contribution < 1.29 is 14.3 Å². The van der Waals surface area contributed by atoms with Gasteiger partial charge >= 0.3 is 5.97 Å². The smallest absolute Gasteiger partial charge is 0.336 e. The molecule has 15 heavy (non-hydrogen) atoms. The van der Waals surface area contributed by atoms with E-state index in [0.717, 1.165) is 0 Å². The van der Waals surface area contributed by atoms with Crippen molar-refractivity contribution in [2.24, 2.45) is 0 Å². The van der Waals surface area contributed by atoms with E-state index in [9.17, 15) is 4.79 Å². The zero-order chi connectivity index (χ0) is 11.5. The van der Waals surface area contributed by atoms with E-state index >= 15 is 0 Å². The fourth-order valence-corrected chi connectivity index (χ4v) is 2.19. The number of carboxylic acids is 1. The van der Waals surface area contributed by atoms with E-state index in [1.54, 1.807) is 12.1 Å². The Labute approximate surface area is 90.8 Å². The Morgan fingerprint density at radius 3 is 2.20 bits per heavy atom. The lowest BCUT2D eigenvalue weighted by atomic mass is 10.1. The third kappa shape index (κ3) is 3.85. The summed E-state index contributed by atoms with van der Waals surface area (Å²) in [4.78, 5) is 11.1. The van der Waals surface area contributed by atoms with Crippen LogP contribution in [0.1, 0.15) is 11.7 Å². The molecule has 0 aliphatic carbocycles. The molecule has 0 spiro atoms. The van der Waals surface area contributed by atoms with Crippen LogP contribution in [-0.2, 0) is 9.22 Å². The van der Waals surface area contributed by atoms with Crippen molar-refractivity contribution in [2.45, 2.75) is 25.7 Å². The second-order valence-electron chi connectivity index (χ2n) is 4.36. The summed E-state index contributed by atoms with van der Waals surface area (Å²) in [5.74, 6) is -0.927. The van der Waals surface area contributed by atoms with Crippen molar-refractivity contribution in [3.63, 3.8) is 0 Å². The monoisotopic (exact) mass is 224 g/mol. The van der Waals surface area contributed by atoms with Crippen LogP contribution in [-0.4, -0.2) is 19.4 Å². The molecule has 1 aromatic carbocycles. The van der Waals surface area contributed by atoms with Crippen molar-refractivity contribution >= 4 is 14.3 Å². The summed E-state index contributed by atoms with van der Waals surface area (Å²) >= 11 is 0. The van der Waals surface area contributed by atoms with Gasteiger partial charge in [-0.25, -0.2) is 4.79 Å².